The van der Waals surface area contributed by atoms with E-state index in [0.29, 0.717) is 5.02 Å². The van der Waals surface area contributed by atoms with Crippen molar-refractivity contribution >= 4 is 34.9 Å². The molecule has 0 radical (unpaired) electrons. The molecule has 1 aromatic carbocycles. The normalized spacial score (nSPS) is 9.85. The van der Waals surface area contributed by atoms with Crippen molar-refractivity contribution in [2.45, 2.75) is 0 Å². The molecule has 20 heavy (non-hydrogen) atoms. The van der Waals surface area contributed by atoms with E-state index in [4.69, 9.17) is 28.5 Å². The number of aromatic nitrogens is 2. The number of nitrogens with zero attached hydrogens (tertiary/aromatic N) is 3. The van der Waals surface area contributed by atoms with E-state index < -0.39 is 5.91 Å². The van der Waals surface area contributed by atoms with Crippen molar-refractivity contribution in [3.05, 3.63) is 45.8 Å². The van der Waals surface area contributed by atoms with Crippen LogP contribution in [0.1, 0.15) is 16.1 Å². The molecule has 8 heteroatoms. The van der Waals surface area contributed by atoms with Gasteiger partial charge in [0.25, 0.3) is 5.91 Å². The second-order valence-electron chi connectivity index (χ2n) is 3.62. The molecule has 0 atom stereocenters. The summed E-state index contributed by atoms with van der Waals surface area (Å²) in [6, 6.07) is 5.81. The number of anilines is 1. The van der Waals surface area contributed by atoms with Gasteiger partial charge in [-0.05, 0) is 18.2 Å². The van der Waals surface area contributed by atoms with Gasteiger partial charge >= 0.3 is 0 Å². The van der Waals surface area contributed by atoms with E-state index in [9.17, 15) is 9.90 Å². The van der Waals surface area contributed by atoms with Crippen molar-refractivity contribution in [1.29, 1.82) is 5.26 Å². The minimum absolute atomic E-state index is 0.0185. The average molecular weight is 309 g/mol. The van der Waals surface area contributed by atoms with E-state index in [2.05, 4.69) is 15.3 Å². The monoisotopic (exact) mass is 308 g/mol. The zero-order chi connectivity index (χ0) is 14.7. The number of nitriles is 1. The Kier molecular flexibility index (Phi) is 4.03. The topological polar surface area (TPSA) is 98.9 Å². The third-order valence-corrected chi connectivity index (χ3v) is 2.78. The maximum atomic E-state index is 12.0. The summed E-state index contributed by atoms with van der Waals surface area (Å²) < 4.78 is 0. The van der Waals surface area contributed by atoms with Gasteiger partial charge < -0.3 is 10.4 Å². The minimum atomic E-state index is -0.647. The van der Waals surface area contributed by atoms with Crippen molar-refractivity contribution in [3.63, 3.8) is 0 Å². The summed E-state index contributed by atoms with van der Waals surface area (Å²) in [4.78, 5) is 19.5. The predicted octanol–water partition coefficient (Wildman–Crippen LogP) is 2.61. The number of carbonyl (C=O) groups is 1. The lowest BCUT2D eigenvalue weighted by molar-refractivity contribution is 0.102. The van der Waals surface area contributed by atoms with Crippen molar-refractivity contribution in [2.75, 3.05) is 5.32 Å². The van der Waals surface area contributed by atoms with Crippen LogP contribution in [-0.2, 0) is 0 Å². The van der Waals surface area contributed by atoms with Gasteiger partial charge in [0.2, 0.25) is 0 Å². The first-order chi connectivity index (χ1) is 9.51. The van der Waals surface area contributed by atoms with Crippen LogP contribution in [0.3, 0.4) is 0 Å². The van der Waals surface area contributed by atoms with Crippen LogP contribution in [0.25, 0.3) is 0 Å². The van der Waals surface area contributed by atoms with Gasteiger partial charge in [0, 0.05) is 5.02 Å². The number of phenolic OH excluding ortho intramolecular Hbond substituents is 1. The molecular weight excluding hydrogens is 303 g/mol. The summed E-state index contributed by atoms with van der Waals surface area (Å²) in [5, 5.41) is 20.8. The fourth-order valence-corrected chi connectivity index (χ4v) is 1.73. The molecule has 0 aliphatic carbocycles. The van der Waals surface area contributed by atoms with E-state index >= 15 is 0 Å². The number of rotatable bonds is 2. The van der Waals surface area contributed by atoms with Gasteiger partial charge in [-0.15, -0.1) is 0 Å². The van der Waals surface area contributed by atoms with Crippen LogP contribution in [0.15, 0.2) is 24.4 Å². The maximum absolute atomic E-state index is 12.0. The summed E-state index contributed by atoms with van der Waals surface area (Å²) in [7, 11) is 0. The molecule has 0 spiro atoms. The van der Waals surface area contributed by atoms with Crippen LogP contribution in [0, 0.1) is 11.3 Å². The highest BCUT2D eigenvalue weighted by molar-refractivity contribution is 6.32. The maximum Gasteiger partial charge on any atom is 0.260 e. The lowest BCUT2D eigenvalue weighted by atomic mass is 10.2. The average Bonchev–Trinajstić information content (AvgIpc) is 2.43. The van der Waals surface area contributed by atoms with E-state index in [-0.39, 0.29) is 28.0 Å². The van der Waals surface area contributed by atoms with Gasteiger partial charge in [-0.25, -0.2) is 9.97 Å². The Balaban J connectivity index is 2.28. The first kappa shape index (κ1) is 14.1. The van der Waals surface area contributed by atoms with Crippen LogP contribution in [0.4, 0.5) is 5.82 Å². The Hall–Kier alpha value is -2.36. The number of amides is 1. The van der Waals surface area contributed by atoms with Crippen molar-refractivity contribution in [3.8, 4) is 11.8 Å². The molecule has 0 aliphatic rings. The molecule has 100 valence electrons. The molecule has 0 fully saturated rings. The molecule has 2 aromatic rings. The fourth-order valence-electron chi connectivity index (χ4n) is 1.37. The highest BCUT2D eigenvalue weighted by Gasteiger charge is 2.15. The number of carbonyl (C=O) groups excluding carboxylic acids is 1. The van der Waals surface area contributed by atoms with Crippen molar-refractivity contribution < 1.29 is 9.90 Å². The van der Waals surface area contributed by atoms with Crippen LogP contribution < -0.4 is 5.32 Å². The molecule has 0 bridgehead atoms. The summed E-state index contributed by atoms with van der Waals surface area (Å²) in [5.41, 5.74) is -0.00155. The zero-order valence-corrected chi connectivity index (χ0v) is 11.3. The highest BCUT2D eigenvalue weighted by atomic mass is 35.5. The molecule has 2 rings (SSSR count). The van der Waals surface area contributed by atoms with Crippen molar-refractivity contribution in [2.24, 2.45) is 0 Å². The van der Waals surface area contributed by atoms with Gasteiger partial charge in [-0.2, -0.15) is 5.26 Å². The molecular formula is C12H6Cl2N4O2. The van der Waals surface area contributed by atoms with E-state index in [1.807, 2.05) is 0 Å². The molecule has 2 N–H and O–H groups in total. The minimum Gasteiger partial charge on any atom is -0.507 e. The molecule has 0 unspecified atom stereocenters. The summed E-state index contributed by atoms with van der Waals surface area (Å²) >= 11 is 11.5. The van der Waals surface area contributed by atoms with Crippen LogP contribution in [0.5, 0.6) is 5.75 Å². The molecule has 0 saturated carbocycles. The van der Waals surface area contributed by atoms with E-state index in [1.54, 1.807) is 6.07 Å². The number of hydrogen-bond donors (Lipinski definition) is 2. The fraction of sp³-hybridized carbons (Fsp3) is 0. The SMILES string of the molecule is N#Cc1cnc(NC(=O)c2cc(Cl)ccc2O)c(Cl)n1. The first-order valence-electron chi connectivity index (χ1n) is 5.24. The lowest BCUT2D eigenvalue weighted by Gasteiger charge is -2.07. The molecule has 1 heterocycles. The van der Waals surface area contributed by atoms with Crippen LogP contribution in [-0.4, -0.2) is 21.0 Å². The van der Waals surface area contributed by atoms with Crippen LogP contribution in [0.2, 0.25) is 10.2 Å². The zero-order valence-electron chi connectivity index (χ0n) is 9.76. The predicted molar refractivity (Wildman–Crippen MR) is 72.8 cm³/mol. The largest absolute Gasteiger partial charge is 0.507 e. The molecule has 1 aromatic heterocycles. The molecule has 1 amide bonds. The standard InChI is InChI=1S/C12H6Cl2N4O2/c13-6-1-2-9(19)8(3-6)12(20)18-11-10(14)17-7(4-15)5-16-11/h1-3,5,19H,(H,16,18,20). The number of aromatic hydroxyl groups is 1. The Bertz CT molecular complexity index is 728. The second-order valence-corrected chi connectivity index (χ2v) is 4.42. The number of benzene rings is 1. The van der Waals surface area contributed by atoms with Gasteiger partial charge in [0.05, 0.1) is 11.8 Å². The van der Waals surface area contributed by atoms with Gasteiger partial charge in [-0.1, -0.05) is 23.2 Å². The van der Waals surface area contributed by atoms with E-state index in [1.165, 1.54) is 24.4 Å². The number of nitrogens with one attached hydrogen (secondary N) is 1. The summed E-state index contributed by atoms with van der Waals surface area (Å²) in [6.07, 6.45) is 1.17. The molecule has 0 saturated heterocycles. The highest BCUT2D eigenvalue weighted by Crippen LogP contribution is 2.23. The smallest absolute Gasteiger partial charge is 0.260 e. The number of phenols is 1. The Morgan fingerprint density at radius 1 is 1.40 bits per heavy atom. The quantitative estimate of drug-likeness (QED) is 0.888. The van der Waals surface area contributed by atoms with Crippen LogP contribution >= 0.6 is 23.2 Å². The summed E-state index contributed by atoms with van der Waals surface area (Å²) in [5.74, 6) is -0.898. The Morgan fingerprint density at radius 3 is 2.80 bits per heavy atom. The van der Waals surface area contributed by atoms with Gasteiger partial charge in [-0.3, -0.25) is 4.79 Å². The second kappa shape index (κ2) is 5.74. The lowest BCUT2D eigenvalue weighted by Crippen LogP contribution is -2.14. The third kappa shape index (κ3) is 2.96. The first-order valence-corrected chi connectivity index (χ1v) is 5.99. The Labute approximate surface area is 123 Å². The summed E-state index contributed by atoms with van der Waals surface area (Å²) in [6.45, 7) is 0. The van der Waals surface area contributed by atoms with E-state index in [0.717, 1.165) is 0 Å². The van der Waals surface area contributed by atoms with Gasteiger partial charge in [0.1, 0.15) is 11.8 Å². The van der Waals surface area contributed by atoms with Crippen molar-refractivity contribution in [1.82, 2.24) is 9.97 Å². The molecule has 6 nitrogen and oxygen atoms in total. The number of halogens is 2. The Morgan fingerprint density at radius 2 is 2.15 bits per heavy atom. The van der Waals surface area contributed by atoms with Gasteiger partial charge in [0.15, 0.2) is 16.7 Å². The third-order valence-electron chi connectivity index (χ3n) is 2.28. The number of hydrogen-bond acceptors (Lipinski definition) is 5. The molecule has 0 aliphatic heterocycles.